The first kappa shape index (κ1) is 21.8. The van der Waals surface area contributed by atoms with Gasteiger partial charge in [0.1, 0.15) is 11.5 Å². The van der Waals surface area contributed by atoms with Gasteiger partial charge in [0.25, 0.3) is 0 Å². The Morgan fingerprint density at radius 1 is 0.733 bits per heavy atom. The number of hydrogen-bond acceptors (Lipinski definition) is 5. The van der Waals surface area contributed by atoms with E-state index < -0.39 is 11.5 Å². The van der Waals surface area contributed by atoms with Gasteiger partial charge in [-0.2, -0.15) is 0 Å². The highest BCUT2D eigenvalue weighted by molar-refractivity contribution is 5.53. The zero-order chi connectivity index (χ0) is 21.4. The average molecular weight is 408 g/mol. The number of aliphatic hydroxyl groups is 2. The van der Waals surface area contributed by atoms with E-state index in [0.29, 0.717) is 0 Å². The second kappa shape index (κ2) is 10.3. The first-order valence-electron chi connectivity index (χ1n) is 9.88. The van der Waals surface area contributed by atoms with Gasteiger partial charge in [-0.1, -0.05) is 54.6 Å². The molecule has 0 aliphatic rings. The van der Waals surface area contributed by atoms with Crippen LogP contribution in [0.5, 0.6) is 11.5 Å². The molecule has 0 aliphatic heterocycles. The number of hydrogen-bond donors (Lipinski definition) is 2. The monoisotopic (exact) mass is 408 g/mol. The highest BCUT2D eigenvalue weighted by Gasteiger charge is 2.43. The Balaban J connectivity index is 2.23. The fourth-order valence-corrected chi connectivity index (χ4v) is 3.87. The van der Waals surface area contributed by atoms with Crippen molar-refractivity contribution in [3.63, 3.8) is 0 Å². The van der Waals surface area contributed by atoms with Crippen molar-refractivity contribution in [3.05, 3.63) is 95.6 Å². The third-order valence-corrected chi connectivity index (χ3v) is 5.33. The molecule has 3 rings (SSSR count). The molecular formula is C25H28O5. The van der Waals surface area contributed by atoms with Gasteiger partial charge < -0.3 is 24.4 Å². The maximum Gasteiger partial charge on any atom is 0.118 e. The molecule has 0 spiro atoms. The Morgan fingerprint density at radius 2 is 1.20 bits per heavy atom. The van der Waals surface area contributed by atoms with Gasteiger partial charge in [-0.3, -0.25) is 0 Å². The van der Waals surface area contributed by atoms with Gasteiger partial charge in [0.05, 0.1) is 45.6 Å². The smallest absolute Gasteiger partial charge is 0.118 e. The molecule has 5 heteroatoms. The zero-order valence-corrected chi connectivity index (χ0v) is 17.3. The van der Waals surface area contributed by atoms with Gasteiger partial charge in [0.2, 0.25) is 0 Å². The first-order valence-corrected chi connectivity index (χ1v) is 9.88. The van der Waals surface area contributed by atoms with Gasteiger partial charge in [-0.25, -0.2) is 0 Å². The van der Waals surface area contributed by atoms with E-state index in [0.717, 1.165) is 28.2 Å². The molecular weight excluding hydrogens is 380 g/mol. The summed E-state index contributed by atoms with van der Waals surface area (Å²) >= 11 is 0. The number of ether oxygens (including phenoxy) is 3. The van der Waals surface area contributed by atoms with Gasteiger partial charge in [0.15, 0.2) is 0 Å². The lowest BCUT2D eigenvalue weighted by Crippen LogP contribution is -2.44. The zero-order valence-electron chi connectivity index (χ0n) is 17.3. The van der Waals surface area contributed by atoms with E-state index in [4.69, 9.17) is 19.3 Å². The van der Waals surface area contributed by atoms with Crippen molar-refractivity contribution in [2.75, 3.05) is 34.0 Å². The number of methoxy groups -OCH3 is 2. The maximum absolute atomic E-state index is 11.5. The number of benzene rings is 3. The molecule has 0 amide bonds. The molecule has 0 saturated heterocycles. The minimum atomic E-state index is -0.909. The summed E-state index contributed by atoms with van der Waals surface area (Å²) in [4.78, 5) is 0. The fourth-order valence-electron chi connectivity index (χ4n) is 3.87. The summed E-state index contributed by atoms with van der Waals surface area (Å²) in [5.74, 6) is 1.47. The normalized spacial score (nSPS) is 12.4. The SMILES string of the molecule is COc1ccc(C(c2ccccc2)(c2ccc(OC)cc2)C(O)COCCO)cc1. The lowest BCUT2D eigenvalue weighted by Gasteiger charge is -2.40. The van der Waals surface area contributed by atoms with Gasteiger partial charge in [-0.15, -0.1) is 0 Å². The second-order valence-corrected chi connectivity index (χ2v) is 6.95. The second-order valence-electron chi connectivity index (χ2n) is 6.95. The molecule has 5 nitrogen and oxygen atoms in total. The Morgan fingerprint density at radius 3 is 1.63 bits per heavy atom. The topological polar surface area (TPSA) is 68.2 Å². The molecule has 0 radical (unpaired) electrons. The lowest BCUT2D eigenvalue weighted by molar-refractivity contribution is -0.0000224. The van der Waals surface area contributed by atoms with Crippen LogP contribution < -0.4 is 9.47 Å². The Bertz CT molecular complexity index is 844. The Hall–Kier alpha value is -2.86. The van der Waals surface area contributed by atoms with Crippen molar-refractivity contribution in [1.82, 2.24) is 0 Å². The van der Waals surface area contributed by atoms with Crippen LogP contribution in [0.25, 0.3) is 0 Å². The van der Waals surface area contributed by atoms with Crippen LogP contribution in [0, 0.1) is 0 Å². The van der Waals surface area contributed by atoms with Crippen molar-refractivity contribution in [2.24, 2.45) is 0 Å². The minimum Gasteiger partial charge on any atom is -0.497 e. The van der Waals surface area contributed by atoms with Crippen LogP contribution >= 0.6 is 0 Å². The number of aliphatic hydroxyl groups excluding tert-OH is 2. The predicted molar refractivity (Wildman–Crippen MR) is 116 cm³/mol. The van der Waals surface area contributed by atoms with E-state index in [1.54, 1.807) is 14.2 Å². The van der Waals surface area contributed by atoms with Crippen molar-refractivity contribution in [3.8, 4) is 11.5 Å². The Kier molecular flexibility index (Phi) is 7.46. The largest absolute Gasteiger partial charge is 0.497 e. The molecule has 0 aliphatic carbocycles. The van der Waals surface area contributed by atoms with Crippen LogP contribution in [0.1, 0.15) is 16.7 Å². The molecule has 0 aromatic heterocycles. The minimum absolute atomic E-state index is 0.0630. The van der Waals surface area contributed by atoms with Gasteiger partial charge in [-0.05, 0) is 41.0 Å². The van der Waals surface area contributed by atoms with Gasteiger partial charge in [0, 0.05) is 0 Å². The molecule has 3 aromatic carbocycles. The van der Waals surface area contributed by atoms with E-state index in [9.17, 15) is 5.11 Å². The van der Waals surface area contributed by atoms with E-state index in [2.05, 4.69) is 0 Å². The lowest BCUT2D eigenvalue weighted by atomic mass is 9.66. The van der Waals surface area contributed by atoms with Crippen LogP contribution in [0.2, 0.25) is 0 Å². The van der Waals surface area contributed by atoms with E-state index in [-0.39, 0.29) is 19.8 Å². The molecule has 0 heterocycles. The standard InChI is InChI=1S/C25H28O5/c1-28-22-12-8-20(9-13-22)25(19-6-4-3-5-7-19,24(27)18-30-17-16-26)21-10-14-23(29-2)15-11-21/h3-15,24,26-27H,16-18H2,1-2H3. The summed E-state index contributed by atoms with van der Waals surface area (Å²) in [5.41, 5.74) is 1.84. The highest BCUT2D eigenvalue weighted by Crippen LogP contribution is 2.43. The van der Waals surface area contributed by atoms with Crippen LogP contribution in [0.4, 0.5) is 0 Å². The third kappa shape index (κ3) is 4.33. The van der Waals surface area contributed by atoms with E-state index in [1.165, 1.54) is 0 Å². The van der Waals surface area contributed by atoms with Crippen molar-refractivity contribution in [2.45, 2.75) is 11.5 Å². The number of rotatable bonds is 10. The summed E-state index contributed by atoms with van der Waals surface area (Å²) in [6, 6.07) is 25.3. The van der Waals surface area contributed by atoms with Crippen LogP contribution in [0.15, 0.2) is 78.9 Å². The molecule has 1 atom stereocenters. The maximum atomic E-state index is 11.5. The molecule has 158 valence electrons. The quantitative estimate of drug-likeness (QED) is 0.398. The molecule has 3 aromatic rings. The summed E-state index contributed by atoms with van der Waals surface area (Å²) < 4.78 is 16.2. The summed E-state index contributed by atoms with van der Waals surface area (Å²) in [7, 11) is 3.25. The molecule has 1 unspecified atom stereocenters. The first-order chi connectivity index (χ1) is 14.7. The van der Waals surface area contributed by atoms with Crippen LogP contribution in [0.3, 0.4) is 0 Å². The Labute approximate surface area is 177 Å². The summed E-state index contributed by atoms with van der Waals surface area (Å²) in [6.45, 7) is 0.122. The van der Waals surface area contributed by atoms with Crippen LogP contribution in [-0.4, -0.2) is 50.4 Å². The molecule has 0 bridgehead atoms. The van der Waals surface area contributed by atoms with Crippen molar-refractivity contribution >= 4 is 0 Å². The molecule has 0 fully saturated rings. The average Bonchev–Trinajstić information content (AvgIpc) is 2.81. The molecule has 2 N–H and O–H groups in total. The van der Waals surface area contributed by atoms with Crippen molar-refractivity contribution < 1.29 is 24.4 Å². The summed E-state index contributed by atoms with van der Waals surface area (Å²) in [5, 5.41) is 20.6. The molecule has 30 heavy (non-hydrogen) atoms. The van der Waals surface area contributed by atoms with Crippen molar-refractivity contribution in [1.29, 1.82) is 0 Å². The van der Waals surface area contributed by atoms with Crippen LogP contribution in [-0.2, 0) is 10.2 Å². The van der Waals surface area contributed by atoms with E-state index in [1.807, 2.05) is 78.9 Å². The predicted octanol–water partition coefficient (Wildman–Crippen LogP) is 3.41. The molecule has 0 saturated carbocycles. The van der Waals surface area contributed by atoms with Gasteiger partial charge >= 0.3 is 0 Å². The summed E-state index contributed by atoms with van der Waals surface area (Å²) in [6.07, 6.45) is -0.909. The van der Waals surface area contributed by atoms with E-state index >= 15 is 0 Å². The fraction of sp³-hybridized carbons (Fsp3) is 0.280. The highest BCUT2D eigenvalue weighted by atomic mass is 16.5. The third-order valence-electron chi connectivity index (χ3n) is 5.33.